The summed E-state index contributed by atoms with van der Waals surface area (Å²) in [6, 6.07) is 8.87. The van der Waals surface area contributed by atoms with E-state index in [0.717, 1.165) is 12.1 Å². The molecule has 0 aliphatic carbocycles. The van der Waals surface area contributed by atoms with Gasteiger partial charge in [-0.2, -0.15) is 4.72 Å². The van der Waals surface area contributed by atoms with Gasteiger partial charge in [0.05, 0.1) is 6.61 Å². The van der Waals surface area contributed by atoms with Gasteiger partial charge in [-0.15, -0.1) is 0 Å². The van der Waals surface area contributed by atoms with E-state index in [-0.39, 0.29) is 6.61 Å². The van der Waals surface area contributed by atoms with Gasteiger partial charge < -0.3 is 9.84 Å². The van der Waals surface area contributed by atoms with Crippen molar-refractivity contribution in [2.24, 2.45) is 0 Å². The van der Waals surface area contributed by atoms with Gasteiger partial charge in [-0.3, -0.25) is 4.79 Å². The fraction of sp³-hybridized carbons (Fsp3) is 0.188. The molecule has 0 radical (unpaired) electrons. The zero-order valence-electron chi connectivity index (χ0n) is 12.9. The zero-order chi connectivity index (χ0) is 18.4. The number of aliphatic hydroxyl groups is 1. The molecule has 6 nitrogen and oxygen atoms in total. The minimum atomic E-state index is -4.50. The van der Waals surface area contributed by atoms with E-state index in [4.69, 9.17) is 4.74 Å². The number of rotatable bonds is 7. The van der Waals surface area contributed by atoms with Crippen molar-refractivity contribution in [1.29, 1.82) is 0 Å². The van der Waals surface area contributed by atoms with Crippen molar-refractivity contribution in [1.82, 2.24) is 4.72 Å². The number of hydrogen-bond donors (Lipinski definition) is 2. The molecule has 9 heteroatoms. The van der Waals surface area contributed by atoms with E-state index >= 15 is 0 Å². The van der Waals surface area contributed by atoms with Crippen molar-refractivity contribution in [3.63, 3.8) is 0 Å². The van der Waals surface area contributed by atoms with Crippen molar-refractivity contribution < 1.29 is 31.8 Å². The molecule has 0 heterocycles. The van der Waals surface area contributed by atoms with Crippen LogP contribution in [-0.4, -0.2) is 32.1 Å². The molecule has 2 rings (SSSR count). The van der Waals surface area contributed by atoms with Gasteiger partial charge in [0, 0.05) is 6.07 Å². The first-order valence-electron chi connectivity index (χ1n) is 7.12. The van der Waals surface area contributed by atoms with Crippen molar-refractivity contribution in [3.05, 3.63) is 65.7 Å². The van der Waals surface area contributed by atoms with Crippen LogP contribution in [0.15, 0.2) is 53.4 Å². The van der Waals surface area contributed by atoms with Crippen LogP contribution in [0.1, 0.15) is 5.56 Å². The van der Waals surface area contributed by atoms with Gasteiger partial charge in [0.15, 0.2) is 0 Å². The highest BCUT2D eigenvalue weighted by atomic mass is 32.2. The Morgan fingerprint density at radius 1 is 1.16 bits per heavy atom. The SMILES string of the molecule is O=C(OCc1ccccc1)C(CO)NS(=O)(=O)c1ccc(F)cc1F. The molecule has 1 atom stereocenters. The molecule has 134 valence electrons. The maximum atomic E-state index is 13.6. The number of nitrogens with one attached hydrogen (secondary N) is 1. The van der Waals surface area contributed by atoms with Gasteiger partial charge in [0.25, 0.3) is 0 Å². The third-order valence-electron chi connectivity index (χ3n) is 3.17. The normalized spacial score (nSPS) is 12.6. The van der Waals surface area contributed by atoms with Gasteiger partial charge >= 0.3 is 5.97 Å². The molecule has 0 saturated heterocycles. The Morgan fingerprint density at radius 2 is 1.84 bits per heavy atom. The number of carbonyl (C=O) groups is 1. The lowest BCUT2D eigenvalue weighted by atomic mass is 10.2. The topological polar surface area (TPSA) is 92.7 Å². The fourth-order valence-electron chi connectivity index (χ4n) is 1.93. The summed E-state index contributed by atoms with van der Waals surface area (Å²) in [7, 11) is -4.50. The second kappa shape index (κ2) is 8.15. The monoisotopic (exact) mass is 371 g/mol. The van der Waals surface area contributed by atoms with Crippen LogP contribution < -0.4 is 4.72 Å². The molecule has 0 bridgehead atoms. The van der Waals surface area contributed by atoms with E-state index in [2.05, 4.69) is 0 Å². The molecule has 0 saturated carbocycles. The van der Waals surface area contributed by atoms with Crippen molar-refractivity contribution in [2.75, 3.05) is 6.61 Å². The highest BCUT2D eigenvalue weighted by molar-refractivity contribution is 7.89. The maximum absolute atomic E-state index is 13.6. The molecule has 0 aliphatic heterocycles. The third-order valence-corrected chi connectivity index (χ3v) is 4.68. The van der Waals surface area contributed by atoms with Gasteiger partial charge in [-0.25, -0.2) is 17.2 Å². The molecule has 0 aliphatic rings. The summed E-state index contributed by atoms with van der Waals surface area (Å²) >= 11 is 0. The molecule has 2 aromatic carbocycles. The molecule has 25 heavy (non-hydrogen) atoms. The Kier molecular flexibility index (Phi) is 6.18. The van der Waals surface area contributed by atoms with E-state index in [0.29, 0.717) is 11.6 Å². The van der Waals surface area contributed by atoms with E-state index < -0.39 is 45.2 Å². The van der Waals surface area contributed by atoms with Crippen molar-refractivity contribution in [3.8, 4) is 0 Å². The first kappa shape index (κ1) is 19.0. The smallest absolute Gasteiger partial charge is 0.326 e. The molecule has 0 amide bonds. The quantitative estimate of drug-likeness (QED) is 0.717. The van der Waals surface area contributed by atoms with E-state index in [1.54, 1.807) is 30.3 Å². The van der Waals surface area contributed by atoms with Crippen LogP contribution >= 0.6 is 0 Å². The maximum Gasteiger partial charge on any atom is 0.326 e. The Morgan fingerprint density at radius 3 is 2.44 bits per heavy atom. The Labute approximate surface area is 143 Å². The summed E-state index contributed by atoms with van der Waals surface area (Å²) in [6.45, 7) is -1.02. The fourth-order valence-corrected chi connectivity index (χ4v) is 3.17. The first-order valence-corrected chi connectivity index (χ1v) is 8.60. The number of benzene rings is 2. The van der Waals surface area contributed by atoms with Crippen LogP contribution in [0.3, 0.4) is 0 Å². The van der Waals surface area contributed by atoms with E-state index in [9.17, 15) is 27.1 Å². The average molecular weight is 371 g/mol. The number of halogens is 2. The summed E-state index contributed by atoms with van der Waals surface area (Å²) in [6.07, 6.45) is 0. The van der Waals surface area contributed by atoms with Gasteiger partial charge in [0.2, 0.25) is 10.0 Å². The van der Waals surface area contributed by atoms with Gasteiger partial charge in [-0.05, 0) is 17.7 Å². The molecule has 1 unspecified atom stereocenters. The number of hydrogen-bond acceptors (Lipinski definition) is 5. The van der Waals surface area contributed by atoms with Crippen LogP contribution in [0, 0.1) is 11.6 Å². The van der Waals surface area contributed by atoms with Gasteiger partial charge in [-0.1, -0.05) is 30.3 Å². The Balaban J connectivity index is 2.08. The van der Waals surface area contributed by atoms with Gasteiger partial charge in [0.1, 0.15) is 29.2 Å². The second-order valence-electron chi connectivity index (χ2n) is 5.02. The van der Waals surface area contributed by atoms with Crippen LogP contribution in [0.2, 0.25) is 0 Å². The van der Waals surface area contributed by atoms with Crippen LogP contribution in [0.4, 0.5) is 8.78 Å². The largest absolute Gasteiger partial charge is 0.460 e. The van der Waals surface area contributed by atoms with Crippen LogP contribution in [-0.2, 0) is 26.2 Å². The molecular weight excluding hydrogens is 356 g/mol. The third kappa shape index (κ3) is 5.05. The molecular formula is C16H15F2NO5S. The molecule has 0 fully saturated rings. The lowest BCUT2D eigenvalue weighted by Crippen LogP contribution is -2.44. The van der Waals surface area contributed by atoms with Crippen molar-refractivity contribution >= 4 is 16.0 Å². The number of aliphatic hydroxyl groups excluding tert-OH is 1. The van der Waals surface area contributed by atoms with E-state index in [1.807, 2.05) is 4.72 Å². The first-order chi connectivity index (χ1) is 11.8. The summed E-state index contributed by atoms with van der Waals surface area (Å²) < 4.78 is 57.5. The van der Waals surface area contributed by atoms with Crippen LogP contribution in [0.25, 0.3) is 0 Å². The molecule has 2 N–H and O–H groups in total. The zero-order valence-corrected chi connectivity index (χ0v) is 13.7. The number of carbonyl (C=O) groups excluding carboxylic acids is 1. The number of sulfonamides is 1. The van der Waals surface area contributed by atoms with Crippen molar-refractivity contribution in [2.45, 2.75) is 17.5 Å². The highest BCUT2D eigenvalue weighted by Gasteiger charge is 2.28. The lowest BCUT2D eigenvalue weighted by Gasteiger charge is -2.16. The Bertz CT molecular complexity index is 843. The van der Waals surface area contributed by atoms with E-state index in [1.165, 1.54) is 0 Å². The predicted octanol–water partition coefficient (Wildman–Crippen LogP) is 1.35. The number of esters is 1. The second-order valence-corrected chi connectivity index (χ2v) is 6.71. The molecule has 2 aromatic rings. The summed E-state index contributed by atoms with van der Waals surface area (Å²) in [5.74, 6) is -3.29. The average Bonchev–Trinajstić information content (AvgIpc) is 2.58. The Hall–Kier alpha value is -2.36. The minimum Gasteiger partial charge on any atom is -0.460 e. The minimum absolute atomic E-state index is 0.122. The molecule has 0 aromatic heterocycles. The standard InChI is InChI=1S/C16H15F2NO5S/c17-12-6-7-15(13(18)8-12)25(22,23)19-14(9-20)16(21)24-10-11-4-2-1-3-5-11/h1-8,14,19-20H,9-10H2. The number of ether oxygens (including phenoxy) is 1. The molecule has 0 spiro atoms. The predicted molar refractivity (Wildman–Crippen MR) is 83.8 cm³/mol. The summed E-state index contributed by atoms with van der Waals surface area (Å²) in [5, 5.41) is 9.24. The lowest BCUT2D eigenvalue weighted by molar-refractivity contribution is -0.148. The summed E-state index contributed by atoms with van der Waals surface area (Å²) in [5.41, 5.74) is 0.667. The van der Waals surface area contributed by atoms with Crippen LogP contribution in [0.5, 0.6) is 0 Å². The highest BCUT2D eigenvalue weighted by Crippen LogP contribution is 2.16. The summed E-state index contributed by atoms with van der Waals surface area (Å²) in [4.78, 5) is 11.1.